The fourth-order valence-electron chi connectivity index (χ4n) is 2.80. The highest BCUT2D eigenvalue weighted by Gasteiger charge is 2.27. The number of carbonyl (C=O) groups excluding carboxylic acids is 2. The number of nitriles is 1. The van der Waals surface area contributed by atoms with Crippen LogP contribution < -0.4 is 10.6 Å². The Morgan fingerprint density at radius 2 is 2.00 bits per heavy atom. The second kappa shape index (κ2) is 9.42. The fraction of sp³-hybridized carbons (Fsp3) is 0.444. The number of nitrogens with zero attached hydrogens (tertiary/aromatic N) is 2. The number of rotatable bonds is 6. The minimum atomic E-state index is -0.883. The Kier molecular flexibility index (Phi) is 6.97. The van der Waals surface area contributed by atoms with Gasteiger partial charge in [-0.1, -0.05) is 6.07 Å². The number of carboxylic acids is 1. The fourth-order valence-corrected chi connectivity index (χ4v) is 2.80. The molecule has 1 aromatic carbocycles. The van der Waals surface area contributed by atoms with E-state index in [0.717, 1.165) is 0 Å². The van der Waals surface area contributed by atoms with Gasteiger partial charge in [0.15, 0.2) is 0 Å². The molecule has 3 N–H and O–H groups in total. The van der Waals surface area contributed by atoms with Gasteiger partial charge in [-0.3, -0.25) is 9.59 Å². The van der Waals surface area contributed by atoms with Crippen molar-refractivity contribution in [1.82, 2.24) is 10.2 Å². The van der Waals surface area contributed by atoms with E-state index in [-0.39, 0.29) is 24.3 Å². The lowest BCUT2D eigenvalue weighted by Gasteiger charge is -2.31. The molecule has 1 fully saturated rings. The molecule has 0 unspecified atom stereocenters. The molecule has 0 bridgehead atoms. The van der Waals surface area contributed by atoms with Gasteiger partial charge in [0.05, 0.1) is 11.6 Å². The molecule has 0 aliphatic carbocycles. The van der Waals surface area contributed by atoms with Crippen molar-refractivity contribution in [1.29, 1.82) is 5.26 Å². The zero-order valence-electron chi connectivity index (χ0n) is 14.4. The highest BCUT2D eigenvalue weighted by atomic mass is 16.4. The number of anilines is 1. The Morgan fingerprint density at radius 3 is 2.65 bits per heavy atom. The predicted octanol–water partition coefficient (Wildman–Crippen LogP) is 1.78. The van der Waals surface area contributed by atoms with Gasteiger partial charge >= 0.3 is 12.0 Å². The molecule has 1 saturated heterocycles. The summed E-state index contributed by atoms with van der Waals surface area (Å²) < 4.78 is 0. The summed E-state index contributed by atoms with van der Waals surface area (Å²) in [5.74, 6) is -1.18. The van der Waals surface area contributed by atoms with E-state index < -0.39 is 5.97 Å². The maximum atomic E-state index is 12.3. The third kappa shape index (κ3) is 5.77. The highest BCUT2D eigenvalue weighted by molar-refractivity contribution is 5.92. The lowest BCUT2D eigenvalue weighted by molar-refractivity contribution is -0.137. The molecule has 26 heavy (non-hydrogen) atoms. The zero-order chi connectivity index (χ0) is 18.9. The second-order valence-electron chi connectivity index (χ2n) is 6.17. The molecule has 0 atom stereocenters. The molecule has 1 aromatic rings. The largest absolute Gasteiger partial charge is 0.481 e. The Morgan fingerprint density at radius 1 is 1.27 bits per heavy atom. The molecule has 8 nitrogen and oxygen atoms in total. The van der Waals surface area contributed by atoms with Crippen LogP contribution in [-0.4, -0.2) is 47.5 Å². The van der Waals surface area contributed by atoms with Crippen molar-refractivity contribution in [2.45, 2.75) is 25.7 Å². The van der Waals surface area contributed by atoms with E-state index in [1.54, 1.807) is 29.2 Å². The van der Waals surface area contributed by atoms with E-state index in [0.29, 0.717) is 50.1 Å². The van der Waals surface area contributed by atoms with E-state index in [2.05, 4.69) is 10.6 Å². The Balaban J connectivity index is 1.75. The first-order chi connectivity index (χ1) is 12.5. The van der Waals surface area contributed by atoms with Crippen molar-refractivity contribution in [3.63, 3.8) is 0 Å². The smallest absolute Gasteiger partial charge is 0.317 e. The number of likely N-dealkylation sites (tertiary alicyclic amines) is 1. The maximum Gasteiger partial charge on any atom is 0.317 e. The summed E-state index contributed by atoms with van der Waals surface area (Å²) in [6, 6.07) is 8.55. The Bertz CT molecular complexity index is 705. The van der Waals surface area contributed by atoms with Crippen LogP contribution in [0.4, 0.5) is 10.5 Å². The van der Waals surface area contributed by atoms with Crippen LogP contribution in [0.25, 0.3) is 0 Å². The molecule has 0 saturated carbocycles. The monoisotopic (exact) mass is 358 g/mol. The number of hydrogen-bond acceptors (Lipinski definition) is 4. The number of amides is 3. The second-order valence-corrected chi connectivity index (χ2v) is 6.17. The van der Waals surface area contributed by atoms with Gasteiger partial charge in [0.25, 0.3) is 0 Å². The molecule has 2 rings (SSSR count). The van der Waals surface area contributed by atoms with Gasteiger partial charge in [-0.05, 0) is 37.5 Å². The van der Waals surface area contributed by atoms with Crippen molar-refractivity contribution >= 4 is 23.6 Å². The quantitative estimate of drug-likeness (QED) is 0.669. The highest BCUT2D eigenvalue weighted by Crippen LogP contribution is 2.20. The minimum absolute atomic E-state index is 0.0233. The molecule has 138 valence electrons. The molecule has 1 aliphatic rings. The van der Waals surface area contributed by atoms with Gasteiger partial charge in [-0.2, -0.15) is 5.26 Å². The lowest BCUT2D eigenvalue weighted by Crippen LogP contribution is -2.46. The SMILES string of the molecule is N#Cc1cccc(NC(=O)C2CCN(C(=O)NCCCC(=O)O)CC2)c1. The van der Waals surface area contributed by atoms with Crippen molar-refractivity contribution < 1.29 is 19.5 Å². The number of nitrogens with one attached hydrogen (secondary N) is 2. The predicted molar refractivity (Wildman–Crippen MR) is 94.4 cm³/mol. The van der Waals surface area contributed by atoms with Gasteiger partial charge < -0.3 is 20.6 Å². The third-order valence-corrected chi connectivity index (χ3v) is 4.26. The first-order valence-corrected chi connectivity index (χ1v) is 8.55. The summed E-state index contributed by atoms with van der Waals surface area (Å²) in [7, 11) is 0. The molecule has 8 heteroatoms. The number of carboxylic acid groups (broad SMARTS) is 1. The molecule has 1 aliphatic heterocycles. The van der Waals surface area contributed by atoms with E-state index in [4.69, 9.17) is 10.4 Å². The molecule has 3 amide bonds. The molecule has 1 heterocycles. The van der Waals surface area contributed by atoms with E-state index in [1.165, 1.54) is 0 Å². The van der Waals surface area contributed by atoms with Crippen molar-refractivity contribution in [2.75, 3.05) is 25.0 Å². The molecular weight excluding hydrogens is 336 g/mol. The normalized spacial score (nSPS) is 14.3. The average molecular weight is 358 g/mol. The van der Waals surface area contributed by atoms with Crippen LogP contribution in [0, 0.1) is 17.2 Å². The van der Waals surface area contributed by atoms with Gasteiger partial charge in [0, 0.05) is 37.7 Å². The van der Waals surface area contributed by atoms with Gasteiger partial charge in [-0.25, -0.2) is 4.79 Å². The number of carbonyl (C=O) groups is 3. The van der Waals surface area contributed by atoms with Crippen LogP contribution in [0.15, 0.2) is 24.3 Å². The van der Waals surface area contributed by atoms with E-state index >= 15 is 0 Å². The minimum Gasteiger partial charge on any atom is -0.481 e. The summed E-state index contributed by atoms with van der Waals surface area (Å²) in [6.07, 6.45) is 1.54. The van der Waals surface area contributed by atoms with Crippen LogP contribution in [0.3, 0.4) is 0 Å². The topological polar surface area (TPSA) is 123 Å². The first-order valence-electron chi connectivity index (χ1n) is 8.55. The summed E-state index contributed by atoms with van der Waals surface area (Å²) in [5, 5.41) is 23.0. The van der Waals surface area contributed by atoms with Crippen LogP contribution in [0.2, 0.25) is 0 Å². The number of aliphatic carboxylic acids is 1. The lowest BCUT2D eigenvalue weighted by atomic mass is 9.96. The average Bonchev–Trinajstić information content (AvgIpc) is 2.65. The third-order valence-electron chi connectivity index (χ3n) is 4.26. The van der Waals surface area contributed by atoms with Crippen molar-refractivity contribution in [2.24, 2.45) is 5.92 Å². The number of urea groups is 1. The first kappa shape index (κ1) is 19.2. The molecule has 0 radical (unpaired) electrons. The summed E-state index contributed by atoms with van der Waals surface area (Å²) in [6.45, 7) is 1.27. The van der Waals surface area contributed by atoms with Crippen LogP contribution in [0.1, 0.15) is 31.2 Å². The number of piperidine rings is 1. The summed E-state index contributed by atoms with van der Waals surface area (Å²) in [4.78, 5) is 36.4. The van der Waals surface area contributed by atoms with Crippen LogP contribution in [0.5, 0.6) is 0 Å². The molecule has 0 spiro atoms. The standard InChI is InChI=1S/C18H22N4O4/c19-12-13-3-1-4-15(11-13)21-17(25)14-6-9-22(10-7-14)18(26)20-8-2-5-16(23)24/h1,3-4,11,14H,2,5-10H2,(H,20,26)(H,21,25)(H,23,24). The van der Waals surface area contributed by atoms with Crippen LogP contribution >= 0.6 is 0 Å². The van der Waals surface area contributed by atoms with E-state index in [1.807, 2.05) is 6.07 Å². The van der Waals surface area contributed by atoms with Crippen molar-refractivity contribution in [3.8, 4) is 6.07 Å². The zero-order valence-corrected chi connectivity index (χ0v) is 14.4. The van der Waals surface area contributed by atoms with Crippen molar-refractivity contribution in [3.05, 3.63) is 29.8 Å². The van der Waals surface area contributed by atoms with Gasteiger partial charge in [0.1, 0.15) is 0 Å². The van der Waals surface area contributed by atoms with Gasteiger partial charge in [-0.15, -0.1) is 0 Å². The number of hydrogen-bond donors (Lipinski definition) is 3. The summed E-state index contributed by atoms with van der Waals surface area (Å²) >= 11 is 0. The maximum absolute atomic E-state index is 12.3. The Hall–Kier alpha value is -3.08. The summed E-state index contributed by atoms with van der Waals surface area (Å²) in [5.41, 5.74) is 1.07. The molecule has 0 aromatic heterocycles. The number of benzene rings is 1. The van der Waals surface area contributed by atoms with Gasteiger partial charge in [0.2, 0.25) is 5.91 Å². The Labute approximate surface area is 151 Å². The van der Waals surface area contributed by atoms with E-state index in [9.17, 15) is 14.4 Å². The van der Waals surface area contributed by atoms with Crippen LogP contribution in [-0.2, 0) is 9.59 Å². The molecular formula is C18H22N4O4.